The van der Waals surface area contributed by atoms with E-state index in [1.54, 1.807) is 6.34 Å². The summed E-state index contributed by atoms with van der Waals surface area (Å²) in [5.41, 5.74) is 11.9. The van der Waals surface area contributed by atoms with E-state index in [0.29, 0.717) is 5.92 Å². The number of aliphatic imine (C=N–C) groups is 1. The lowest BCUT2D eigenvalue weighted by Gasteiger charge is -2.25. The van der Waals surface area contributed by atoms with E-state index < -0.39 is 0 Å². The van der Waals surface area contributed by atoms with Crippen LogP contribution in [0.25, 0.3) is 0 Å². The molecule has 186 valence electrons. The third kappa shape index (κ3) is 11.4. The van der Waals surface area contributed by atoms with Gasteiger partial charge in [0.15, 0.2) is 0 Å². The Morgan fingerprint density at radius 3 is 2.21 bits per heavy atom. The monoisotopic (exact) mass is 457 g/mol. The highest BCUT2D eigenvalue weighted by atomic mass is 19.1. The van der Waals surface area contributed by atoms with E-state index >= 15 is 0 Å². The maximum atomic E-state index is 12.3. The van der Waals surface area contributed by atoms with Crippen molar-refractivity contribution in [3.8, 4) is 0 Å². The number of halogens is 1. The molecule has 0 bridgehead atoms. The van der Waals surface area contributed by atoms with Crippen LogP contribution < -0.4 is 11.1 Å². The SMILES string of the molecule is CC.CC.CC/C=C\C1=C(C)NC=N/C1=C(\N)C1CCCCC1.CCCc1ccc(F)cc1. The Bertz CT molecular complexity index is 752. The maximum Gasteiger partial charge on any atom is 0.123 e. The molecule has 1 aromatic rings. The summed E-state index contributed by atoms with van der Waals surface area (Å²) < 4.78 is 12.3. The molecule has 0 atom stereocenters. The Kier molecular flexibility index (Phi) is 17.8. The van der Waals surface area contributed by atoms with Crippen molar-refractivity contribution >= 4 is 6.34 Å². The van der Waals surface area contributed by atoms with Crippen LogP contribution in [0, 0.1) is 11.7 Å². The molecule has 0 spiro atoms. The second kappa shape index (κ2) is 19.1. The topological polar surface area (TPSA) is 50.4 Å². The van der Waals surface area contributed by atoms with Gasteiger partial charge in [0.05, 0.1) is 12.0 Å². The van der Waals surface area contributed by atoms with Gasteiger partial charge >= 0.3 is 0 Å². The number of nitrogens with two attached hydrogens (primary N) is 1. The molecular formula is C29H48FN3. The van der Waals surface area contributed by atoms with Gasteiger partial charge in [-0.25, -0.2) is 9.38 Å². The van der Waals surface area contributed by atoms with Crippen molar-refractivity contribution in [1.82, 2.24) is 5.32 Å². The second-order valence-electron chi connectivity index (χ2n) is 7.77. The molecule has 3 nitrogen and oxygen atoms in total. The minimum absolute atomic E-state index is 0.153. The number of nitrogens with zero attached hydrogens (tertiary/aromatic N) is 1. The fraction of sp³-hybridized carbons (Fsp3) is 0.552. The predicted molar refractivity (Wildman–Crippen MR) is 145 cm³/mol. The van der Waals surface area contributed by atoms with Gasteiger partial charge in [-0.15, -0.1) is 0 Å². The first kappa shape index (κ1) is 30.6. The van der Waals surface area contributed by atoms with Crippen LogP contribution in [0.1, 0.15) is 99.0 Å². The summed E-state index contributed by atoms with van der Waals surface area (Å²) in [6, 6.07) is 6.67. The number of aryl methyl sites for hydroxylation is 1. The summed E-state index contributed by atoms with van der Waals surface area (Å²) in [5, 5.41) is 3.18. The molecule has 1 fully saturated rings. The fourth-order valence-electron chi connectivity index (χ4n) is 3.73. The smallest absolute Gasteiger partial charge is 0.123 e. The summed E-state index contributed by atoms with van der Waals surface area (Å²) in [6.07, 6.45) is 15.6. The lowest BCUT2D eigenvalue weighted by Crippen LogP contribution is -2.22. The van der Waals surface area contributed by atoms with E-state index in [4.69, 9.17) is 5.73 Å². The minimum Gasteiger partial charge on any atom is -0.400 e. The van der Waals surface area contributed by atoms with E-state index in [1.165, 1.54) is 49.8 Å². The van der Waals surface area contributed by atoms with Crippen molar-refractivity contribution in [2.24, 2.45) is 16.6 Å². The normalized spacial score (nSPS) is 17.1. The predicted octanol–water partition coefficient (Wildman–Crippen LogP) is 8.44. The van der Waals surface area contributed by atoms with Gasteiger partial charge in [0.1, 0.15) is 5.82 Å². The molecule has 1 aromatic carbocycles. The van der Waals surface area contributed by atoms with Crippen molar-refractivity contribution in [3.05, 3.63) is 70.5 Å². The third-order valence-corrected chi connectivity index (χ3v) is 5.42. The van der Waals surface area contributed by atoms with Crippen LogP contribution >= 0.6 is 0 Å². The zero-order valence-electron chi connectivity index (χ0n) is 22.2. The lowest BCUT2D eigenvalue weighted by molar-refractivity contribution is 0.398. The van der Waals surface area contributed by atoms with Crippen LogP contribution in [0.15, 0.2) is 64.1 Å². The number of rotatable bonds is 5. The van der Waals surface area contributed by atoms with E-state index in [2.05, 4.69) is 43.2 Å². The summed E-state index contributed by atoms with van der Waals surface area (Å²) in [6.45, 7) is 14.3. The molecule has 2 aliphatic rings. The van der Waals surface area contributed by atoms with Crippen LogP contribution in [0.3, 0.4) is 0 Å². The van der Waals surface area contributed by atoms with Crippen LogP contribution in [-0.4, -0.2) is 6.34 Å². The number of benzene rings is 1. The molecule has 3 rings (SSSR count). The number of hydrogen-bond acceptors (Lipinski definition) is 3. The van der Waals surface area contributed by atoms with E-state index in [0.717, 1.165) is 41.9 Å². The zero-order chi connectivity index (χ0) is 25.1. The summed E-state index contributed by atoms with van der Waals surface area (Å²) >= 11 is 0. The van der Waals surface area contributed by atoms with Crippen molar-refractivity contribution in [3.63, 3.8) is 0 Å². The van der Waals surface area contributed by atoms with Crippen LogP contribution in [-0.2, 0) is 6.42 Å². The van der Waals surface area contributed by atoms with Gasteiger partial charge in [0.2, 0.25) is 0 Å². The lowest BCUT2D eigenvalue weighted by atomic mass is 9.85. The van der Waals surface area contributed by atoms with Gasteiger partial charge in [0.25, 0.3) is 0 Å². The molecule has 0 aromatic heterocycles. The average molecular weight is 458 g/mol. The molecule has 1 heterocycles. The van der Waals surface area contributed by atoms with Crippen LogP contribution in [0.4, 0.5) is 4.39 Å². The van der Waals surface area contributed by atoms with Gasteiger partial charge in [-0.05, 0) is 50.3 Å². The highest BCUT2D eigenvalue weighted by molar-refractivity contribution is 5.66. The molecular weight excluding hydrogens is 409 g/mol. The van der Waals surface area contributed by atoms with Crippen molar-refractivity contribution in [2.45, 2.75) is 99.8 Å². The molecule has 3 N–H and O–H groups in total. The molecule has 4 heteroatoms. The highest BCUT2D eigenvalue weighted by Gasteiger charge is 2.21. The number of hydrogen-bond donors (Lipinski definition) is 2. The first-order valence-corrected chi connectivity index (χ1v) is 13.0. The summed E-state index contributed by atoms with van der Waals surface area (Å²) in [7, 11) is 0. The van der Waals surface area contributed by atoms with Crippen molar-refractivity contribution in [1.29, 1.82) is 0 Å². The van der Waals surface area contributed by atoms with E-state index in [1.807, 2.05) is 39.8 Å². The summed E-state index contributed by atoms with van der Waals surface area (Å²) in [5.74, 6) is 0.358. The fourth-order valence-corrected chi connectivity index (χ4v) is 3.73. The van der Waals surface area contributed by atoms with Gasteiger partial charge in [-0.1, -0.05) is 91.5 Å². The first-order valence-electron chi connectivity index (χ1n) is 13.0. The molecule has 0 amide bonds. The Hall–Kier alpha value is -2.36. The standard InChI is InChI=1S/C16H25N3.C9H11F.2C2H6/c1-3-4-10-14-12(2)18-11-19-16(14)15(17)13-8-6-5-7-9-13;1-2-3-8-4-6-9(10)7-5-8;2*1-2/h4,10-11,13H,3,5-9,17H2,1-2H3,(H,18,19);4-7H,2-3H2,1H3;2*1-2H3/b10-4-,16-15-;;;. The minimum atomic E-state index is -0.153. The van der Waals surface area contributed by atoms with Crippen LogP contribution in [0.5, 0.6) is 0 Å². The Labute approximate surface area is 203 Å². The second-order valence-corrected chi connectivity index (χ2v) is 7.77. The average Bonchev–Trinajstić information content (AvgIpc) is 2.88. The highest BCUT2D eigenvalue weighted by Crippen LogP contribution is 2.32. The van der Waals surface area contributed by atoms with E-state index in [-0.39, 0.29) is 5.82 Å². The Morgan fingerprint density at radius 1 is 1.06 bits per heavy atom. The maximum absolute atomic E-state index is 12.3. The largest absolute Gasteiger partial charge is 0.400 e. The van der Waals surface area contributed by atoms with E-state index in [9.17, 15) is 4.39 Å². The third-order valence-electron chi connectivity index (χ3n) is 5.42. The number of allylic oxidation sites excluding steroid dienone is 4. The molecule has 1 aliphatic heterocycles. The van der Waals surface area contributed by atoms with Gasteiger partial charge < -0.3 is 11.1 Å². The van der Waals surface area contributed by atoms with Crippen LogP contribution in [0.2, 0.25) is 0 Å². The van der Waals surface area contributed by atoms with Gasteiger partial charge in [-0.3, -0.25) is 0 Å². The molecule has 0 unspecified atom stereocenters. The molecule has 1 saturated carbocycles. The van der Waals surface area contributed by atoms with Gasteiger partial charge in [0, 0.05) is 22.9 Å². The zero-order valence-corrected chi connectivity index (χ0v) is 22.2. The molecule has 0 saturated heterocycles. The number of nitrogens with one attached hydrogen (secondary N) is 1. The molecule has 0 radical (unpaired) electrons. The molecule has 1 aliphatic carbocycles. The molecule has 33 heavy (non-hydrogen) atoms. The quantitative estimate of drug-likeness (QED) is 0.466. The van der Waals surface area contributed by atoms with Crippen molar-refractivity contribution in [2.75, 3.05) is 0 Å². The Morgan fingerprint density at radius 2 is 1.67 bits per heavy atom. The van der Waals surface area contributed by atoms with Gasteiger partial charge in [-0.2, -0.15) is 0 Å². The first-order chi connectivity index (χ1) is 16.1. The summed E-state index contributed by atoms with van der Waals surface area (Å²) in [4.78, 5) is 4.50. The van der Waals surface area contributed by atoms with Crippen molar-refractivity contribution < 1.29 is 4.39 Å². The Balaban J connectivity index is 0.000000617.